The number of rotatable bonds is 9. The lowest BCUT2D eigenvalue weighted by molar-refractivity contribution is 0.297. The Morgan fingerprint density at radius 3 is 1.56 bits per heavy atom. The zero-order chi connectivity index (χ0) is 19.5. The summed E-state index contributed by atoms with van der Waals surface area (Å²) in [7, 11) is -9.44. The molecule has 0 saturated heterocycles. The van der Waals surface area contributed by atoms with Crippen LogP contribution in [0.3, 0.4) is 0 Å². The molecule has 150 valence electrons. The van der Waals surface area contributed by atoms with Crippen LogP contribution in [0.25, 0.3) is 0 Å². The molecular formula is C16H42O4Si5. The van der Waals surface area contributed by atoms with Gasteiger partial charge in [0.25, 0.3) is 0 Å². The van der Waals surface area contributed by atoms with Gasteiger partial charge in [0.2, 0.25) is 0 Å². The van der Waals surface area contributed by atoms with Crippen molar-refractivity contribution in [2.45, 2.75) is 103 Å². The minimum absolute atomic E-state index is 0.781. The smallest absolute Gasteiger partial charge is 0.314 e. The lowest BCUT2D eigenvalue weighted by Gasteiger charge is -2.43. The Kier molecular flexibility index (Phi) is 8.58. The predicted octanol–water partition coefficient (Wildman–Crippen LogP) is 5.68. The van der Waals surface area contributed by atoms with Crippen LogP contribution < -0.4 is 0 Å². The second kappa shape index (κ2) is 8.95. The van der Waals surface area contributed by atoms with Gasteiger partial charge in [0.05, 0.1) is 0 Å². The average molecular weight is 439 g/mol. The third-order valence-corrected chi connectivity index (χ3v) is 23.2. The van der Waals surface area contributed by atoms with Crippen molar-refractivity contribution in [1.29, 1.82) is 0 Å². The first kappa shape index (κ1) is 24.0. The molecule has 0 aromatic heterocycles. The molecule has 0 amide bonds. The summed E-state index contributed by atoms with van der Waals surface area (Å²) in [6.07, 6.45) is 6.81. The monoisotopic (exact) mass is 438 g/mol. The quantitative estimate of drug-likeness (QED) is 0.434. The van der Waals surface area contributed by atoms with Gasteiger partial charge in [-0.3, -0.25) is 0 Å². The first-order valence-electron chi connectivity index (χ1n) is 9.92. The van der Waals surface area contributed by atoms with E-state index in [1.165, 1.54) is 32.1 Å². The molecule has 4 nitrogen and oxygen atoms in total. The van der Waals surface area contributed by atoms with Crippen LogP contribution in [0.1, 0.15) is 32.1 Å². The van der Waals surface area contributed by atoms with Crippen LogP contribution >= 0.6 is 0 Å². The zero-order valence-electron chi connectivity index (χ0n) is 18.3. The maximum atomic E-state index is 6.79. The number of hydrogen-bond donors (Lipinski definition) is 0. The fraction of sp³-hybridized carbons (Fsp3) is 1.00. The summed E-state index contributed by atoms with van der Waals surface area (Å²) in [6.45, 7) is 22.2. The Labute approximate surface area is 162 Å². The zero-order valence-corrected chi connectivity index (χ0v) is 23.5. The van der Waals surface area contributed by atoms with Crippen LogP contribution in [0, 0.1) is 0 Å². The average Bonchev–Trinajstić information content (AvgIpc) is 2.33. The summed E-state index contributed by atoms with van der Waals surface area (Å²) in [5.41, 5.74) is 0.781. The van der Waals surface area contributed by atoms with E-state index in [0.717, 1.165) is 5.54 Å². The Morgan fingerprint density at radius 2 is 1.08 bits per heavy atom. The first-order valence-corrected chi connectivity index (χ1v) is 24.1. The van der Waals surface area contributed by atoms with Crippen molar-refractivity contribution in [2.24, 2.45) is 0 Å². The van der Waals surface area contributed by atoms with Crippen LogP contribution in [0.15, 0.2) is 0 Å². The van der Waals surface area contributed by atoms with Gasteiger partial charge in [0, 0.05) is 0 Å². The number of hydrogen-bond acceptors (Lipinski definition) is 4. The van der Waals surface area contributed by atoms with Crippen LogP contribution in [0.4, 0.5) is 0 Å². The molecule has 1 rings (SSSR count). The molecule has 1 aliphatic carbocycles. The topological polar surface area (TPSA) is 36.9 Å². The summed E-state index contributed by atoms with van der Waals surface area (Å²) >= 11 is 0. The molecule has 1 saturated carbocycles. The van der Waals surface area contributed by atoms with Gasteiger partial charge in [-0.25, -0.2) is 0 Å². The van der Waals surface area contributed by atoms with Gasteiger partial charge >= 0.3 is 25.7 Å². The first-order chi connectivity index (χ1) is 11.1. The van der Waals surface area contributed by atoms with Gasteiger partial charge in [-0.15, -0.1) is 0 Å². The van der Waals surface area contributed by atoms with Crippen molar-refractivity contribution < 1.29 is 16.5 Å². The van der Waals surface area contributed by atoms with Gasteiger partial charge in [-0.1, -0.05) is 32.1 Å². The Balaban J connectivity index is 2.70. The minimum atomic E-state index is -2.27. The lowest BCUT2D eigenvalue weighted by atomic mass is 10.0. The lowest BCUT2D eigenvalue weighted by Crippen LogP contribution is -2.58. The van der Waals surface area contributed by atoms with Crippen LogP contribution in [0.5, 0.6) is 0 Å². The summed E-state index contributed by atoms with van der Waals surface area (Å²) < 4.78 is 26.0. The highest BCUT2D eigenvalue weighted by atomic mass is 28.5. The van der Waals surface area contributed by atoms with Gasteiger partial charge in [-0.05, 0) is 71.0 Å². The van der Waals surface area contributed by atoms with Crippen molar-refractivity contribution in [1.82, 2.24) is 0 Å². The highest BCUT2D eigenvalue weighted by Crippen LogP contribution is 2.39. The van der Waals surface area contributed by atoms with E-state index in [1.54, 1.807) is 0 Å². The van der Waals surface area contributed by atoms with E-state index in [9.17, 15) is 0 Å². The fourth-order valence-electron chi connectivity index (χ4n) is 4.33. The molecule has 9 heteroatoms. The normalized spacial score (nSPS) is 18.8. The summed E-state index contributed by atoms with van der Waals surface area (Å²) in [4.78, 5) is 0. The minimum Gasteiger partial charge on any atom is -0.440 e. The van der Waals surface area contributed by atoms with Gasteiger partial charge in [0.15, 0.2) is 17.4 Å². The summed E-state index contributed by atoms with van der Waals surface area (Å²) in [6, 6.07) is 0. The third-order valence-electron chi connectivity index (χ3n) is 4.60. The Hall–Kier alpha value is 0.924. The fourth-order valence-corrected chi connectivity index (χ4v) is 27.6. The Bertz CT molecular complexity index is 421. The molecule has 0 bridgehead atoms. The standard InChI is InChI=1S/C16H42O4Si5/c1-21(2)17-23(5,6)19-25(9,10)20-24(7,8)18-22(3,4)16-14-12-11-13-15-16/h16,21H,11-15H2,1-10H3. The molecule has 0 aromatic rings. The van der Waals surface area contributed by atoms with Crippen molar-refractivity contribution >= 4 is 43.0 Å². The molecule has 0 heterocycles. The molecular weight excluding hydrogens is 397 g/mol. The molecule has 0 aliphatic heterocycles. The highest BCUT2D eigenvalue weighted by molar-refractivity contribution is 6.89. The molecule has 25 heavy (non-hydrogen) atoms. The third kappa shape index (κ3) is 9.11. The molecule has 1 fully saturated rings. The van der Waals surface area contributed by atoms with Crippen LogP contribution in [0.2, 0.25) is 71.0 Å². The van der Waals surface area contributed by atoms with Gasteiger partial charge in [-0.2, -0.15) is 0 Å². The van der Waals surface area contributed by atoms with E-state index in [1.807, 2.05) is 0 Å². The van der Waals surface area contributed by atoms with E-state index in [2.05, 4.69) is 65.5 Å². The van der Waals surface area contributed by atoms with Crippen molar-refractivity contribution in [3.05, 3.63) is 0 Å². The highest BCUT2D eigenvalue weighted by Gasteiger charge is 2.46. The van der Waals surface area contributed by atoms with E-state index in [-0.39, 0.29) is 0 Å². The molecule has 1 aliphatic rings. The molecule has 0 aromatic carbocycles. The van der Waals surface area contributed by atoms with E-state index < -0.39 is 43.0 Å². The van der Waals surface area contributed by atoms with Gasteiger partial charge < -0.3 is 16.5 Å². The van der Waals surface area contributed by atoms with E-state index in [0.29, 0.717) is 0 Å². The molecule has 0 radical (unpaired) electrons. The molecule has 0 unspecified atom stereocenters. The van der Waals surface area contributed by atoms with Crippen LogP contribution in [-0.2, 0) is 16.5 Å². The second-order valence-corrected chi connectivity index (χ2v) is 27.5. The molecule has 0 N–H and O–H groups in total. The summed E-state index contributed by atoms with van der Waals surface area (Å²) in [5, 5.41) is 0. The van der Waals surface area contributed by atoms with Crippen molar-refractivity contribution in [2.75, 3.05) is 0 Å². The van der Waals surface area contributed by atoms with Crippen LogP contribution in [-0.4, -0.2) is 43.0 Å². The molecule has 0 atom stereocenters. The maximum Gasteiger partial charge on any atom is 0.314 e. The molecule has 0 spiro atoms. The van der Waals surface area contributed by atoms with E-state index in [4.69, 9.17) is 16.5 Å². The largest absolute Gasteiger partial charge is 0.440 e. The summed E-state index contributed by atoms with van der Waals surface area (Å²) in [5.74, 6) is 0. The van der Waals surface area contributed by atoms with E-state index >= 15 is 0 Å². The Morgan fingerprint density at radius 1 is 0.640 bits per heavy atom. The maximum absolute atomic E-state index is 6.79. The van der Waals surface area contributed by atoms with Crippen molar-refractivity contribution in [3.8, 4) is 0 Å². The predicted molar refractivity (Wildman–Crippen MR) is 120 cm³/mol. The second-order valence-electron chi connectivity index (χ2n) is 9.61. The van der Waals surface area contributed by atoms with Gasteiger partial charge in [0.1, 0.15) is 0 Å². The van der Waals surface area contributed by atoms with Crippen molar-refractivity contribution in [3.63, 3.8) is 0 Å². The SMILES string of the molecule is C[SiH](C)O[Si](C)(C)O[Si](C)(C)O[Si](C)(C)O[Si](C)(C)C1CCCCC1.